The van der Waals surface area contributed by atoms with Crippen LogP contribution in [0, 0.1) is 0 Å². The summed E-state index contributed by atoms with van der Waals surface area (Å²) >= 11 is 3.30. The molecular weight excluding hydrogens is 308 g/mol. The maximum absolute atomic E-state index is 11.5. The zero-order valence-electron chi connectivity index (χ0n) is 11.0. The Labute approximate surface area is 121 Å². The summed E-state index contributed by atoms with van der Waals surface area (Å²) in [6.07, 6.45) is 1.67. The minimum Gasteiger partial charge on any atom is -0.507 e. The summed E-state index contributed by atoms with van der Waals surface area (Å²) < 4.78 is 0.703. The van der Waals surface area contributed by atoms with Gasteiger partial charge in [0.1, 0.15) is 5.75 Å². The van der Waals surface area contributed by atoms with Crippen molar-refractivity contribution in [3.05, 3.63) is 28.2 Å². The number of nitrogens with one attached hydrogen (secondary N) is 1. The third kappa shape index (κ3) is 3.94. The molecule has 1 aliphatic rings. The number of nitrogens with zero attached hydrogens (tertiary/aromatic N) is 1. The number of hydrogen-bond acceptors (Lipinski definition) is 3. The van der Waals surface area contributed by atoms with E-state index in [-0.39, 0.29) is 17.7 Å². The molecule has 1 aromatic rings. The lowest BCUT2D eigenvalue weighted by Crippen LogP contribution is -2.39. The number of hydrogen-bond donors (Lipinski definition) is 2. The van der Waals surface area contributed by atoms with Gasteiger partial charge in [-0.3, -0.25) is 4.79 Å². The van der Waals surface area contributed by atoms with Crippen molar-refractivity contribution in [3.8, 4) is 5.75 Å². The highest BCUT2D eigenvalue weighted by molar-refractivity contribution is 9.10. The van der Waals surface area contributed by atoms with E-state index in [0.717, 1.165) is 31.6 Å². The Morgan fingerprint density at radius 3 is 2.95 bits per heavy atom. The Balaban J connectivity index is 1.81. The van der Waals surface area contributed by atoms with Crippen molar-refractivity contribution in [3.63, 3.8) is 0 Å². The van der Waals surface area contributed by atoms with Crippen LogP contribution in [0.25, 0.3) is 0 Å². The Kier molecular flexibility index (Phi) is 4.82. The second-order valence-electron chi connectivity index (χ2n) is 5.01. The van der Waals surface area contributed by atoms with E-state index in [4.69, 9.17) is 0 Å². The van der Waals surface area contributed by atoms with E-state index in [1.165, 1.54) is 0 Å². The number of amides is 1. The maximum atomic E-state index is 11.5. The van der Waals surface area contributed by atoms with Gasteiger partial charge in [0, 0.05) is 32.1 Å². The molecule has 0 saturated carbocycles. The first kappa shape index (κ1) is 14.3. The normalized spacial score (nSPS) is 16.9. The van der Waals surface area contributed by atoms with Gasteiger partial charge in [-0.25, -0.2) is 0 Å². The van der Waals surface area contributed by atoms with E-state index in [0.29, 0.717) is 10.9 Å². The highest BCUT2D eigenvalue weighted by Crippen LogP contribution is 2.24. The van der Waals surface area contributed by atoms with Gasteiger partial charge in [0.15, 0.2) is 0 Å². The minimum absolute atomic E-state index is 0.250. The first-order chi connectivity index (χ1) is 9.06. The molecule has 1 aliphatic heterocycles. The molecule has 1 amide bonds. The summed E-state index contributed by atoms with van der Waals surface area (Å²) in [4.78, 5) is 13.5. The molecule has 2 N–H and O–H groups in total. The number of phenolic OH excluding ortho intramolecular Hbond substituents is 1. The molecule has 1 fully saturated rings. The van der Waals surface area contributed by atoms with E-state index in [1.807, 2.05) is 17.0 Å². The van der Waals surface area contributed by atoms with Crippen LogP contribution in [0.3, 0.4) is 0 Å². The molecular formula is C14H19BrN2O2. The average molecular weight is 327 g/mol. The quantitative estimate of drug-likeness (QED) is 0.872. The minimum atomic E-state index is 0.250. The van der Waals surface area contributed by atoms with E-state index in [1.54, 1.807) is 6.07 Å². The fraction of sp³-hybridized carbons (Fsp3) is 0.500. The van der Waals surface area contributed by atoms with E-state index >= 15 is 0 Å². The molecule has 1 heterocycles. The molecule has 0 aliphatic carbocycles. The van der Waals surface area contributed by atoms with Crippen LogP contribution in [0.15, 0.2) is 22.7 Å². The fourth-order valence-electron chi connectivity index (χ4n) is 2.24. The summed E-state index contributed by atoms with van der Waals surface area (Å²) in [6, 6.07) is 5.72. The van der Waals surface area contributed by atoms with Crippen LogP contribution in [0.2, 0.25) is 0 Å². The van der Waals surface area contributed by atoms with Crippen molar-refractivity contribution >= 4 is 21.8 Å². The molecule has 1 aromatic carbocycles. The molecule has 2 rings (SSSR count). The second-order valence-corrected chi connectivity index (χ2v) is 5.87. The topological polar surface area (TPSA) is 52.6 Å². The van der Waals surface area contributed by atoms with Gasteiger partial charge >= 0.3 is 0 Å². The number of halogens is 1. The fourth-order valence-corrected chi connectivity index (χ4v) is 2.67. The monoisotopic (exact) mass is 326 g/mol. The van der Waals surface area contributed by atoms with Crippen molar-refractivity contribution in [1.29, 1.82) is 0 Å². The van der Waals surface area contributed by atoms with Crippen molar-refractivity contribution < 1.29 is 9.90 Å². The molecule has 104 valence electrons. The zero-order valence-corrected chi connectivity index (χ0v) is 12.6. The third-order valence-electron chi connectivity index (χ3n) is 3.33. The molecule has 0 bridgehead atoms. The third-order valence-corrected chi connectivity index (χ3v) is 3.97. The lowest BCUT2D eigenvalue weighted by molar-refractivity contribution is -0.127. The van der Waals surface area contributed by atoms with E-state index in [2.05, 4.69) is 28.2 Å². The Morgan fingerprint density at radius 1 is 1.53 bits per heavy atom. The van der Waals surface area contributed by atoms with Gasteiger partial charge in [-0.15, -0.1) is 0 Å². The van der Waals surface area contributed by atoms with Crippen molar-refractivity contribution in [2.45, 2.75) is 32.4 Å². The van der Waals surface area contributed by atoms with Gasteiger partial charge in [-0.05, 0) is 47.0 Å². The molecule has 1 atom stereocenters. The van der Waals surface area contributed by atoms with Crippen molar-refractivity contribution in [2.24, 2.45) is 0 Å². The van der Waals surface area contributed by atoms with Gasteiger partial charge in [0.2, 0.25) is 5.91 Å². The van der Waals surface area contributed by atoms with Gasteiger partial charge in [0.25, 0.3) is 0 Å². The van der Waals surface area contributed by atoms with E-state index in [9.17, 15) is 9.90 Å². The molecule has 1 unspecified atom stereocenters. The number of phenols is 1. The van der Waals surface area contributed by atoms with Crippen LogP contribution < -0.4 is 5.32 Å². The zero-order chi connectivity index (χ0) is 13.8. The van der Waals surface area contributed by atoms with Gasteiger partial charge in [-0.2, -0.15) is 0 Å². The number of aromatic hydroxyl groups is 1. The number of carbonyl (C=O) groups is 1. The summed E-state index contributed by atoms with van der Waals surface area (Å²) in [6.45, 7) is 4.46. The second kappa shape index (κ2) is 6.39. The molecule has 0 spiro atoms. The lowest BCUT2D eigenvalue weighted by Gasteiger charge is -2.21. The summed E-state index contributed by atoms with van der Waals surface area (Å²) in [5, 5.41) is 12.8. The van der Waals surface area contributed by atoms with Gasteiger partial charge < -0.3 is 15.3 Å². The number of benzene rings is 1. The predicted molar refractivity (Wildman–Crippen MR) is 77.9 cm³/mol. The van der Waals surface area contributed by atoms with Crippen LogP contribution in [-0.4, -0.2) is 35.0 Å². The lowest BCUT2D eigenvalue weighted by atomic mass is 10.2. The summed E-state index contributed by atoms with van der Waals surface area (Å²) in [7, 11) is 0. The molecule has 0 aromatic heterocycles. The first-order valence-corrected chi connectivity index (χ1v) is 7.34. The van der Waals surface area contributed by atoms with Crippen molar-refractivity contribution in [2.75, 3.05) is 13.1 Å². The smallest absolute Gasteiger partial charge is 0.222 e. The average Bonchev–Trinajstić information content (AvgIpc) is 2.77. The number of rotatable bonds is 5. The Morgan fingerprint density at radius 2 is 2.32 bits per heavy atom. The number of likely N-dealkylation sites (tertiary alicyclic amines) is 1. The summed E-state index contributed by atoms with van der Waals surface area (Å²) in [5.41, 5.74) is 1.10. The van der Waals surface area contributed by atoms with Crippen molar-refractivity contribution in [1.82, 2.24) is 10.2 Å². The van der Waals surface area contributed by atoms with Crippen LogP contribution in [0.5, 0.6) is 5.75 Å². The Hall–Kier alpha value is -1.07. The van der Waals surface area contributed by atoms with Crippen LogP contribution in [-0.2, 0) is 11.3 Å². The maximum Gasteiger partial charge on any atom is 0.222 e. The SMILES string of the molecule is CC(CN1CCCC1=O)NCc1ccc(O)c(Br)c1. The largest absolute Gasteiger partial charge is 0.507 e. The van der Waals surface area contributed by atoms with Crippen LogP contribution in [0.1, 0.15) is 25.3 Å². The van der Waals surface area contributed by atoms with E-state index < -0.39 is 0 Å². The molecule has 0 radical (unpaired) electrons. The molecule has 1 saturated heterocycles. The molecule has 4 nitrogen and oxygen atoms in total. The van der Waals surface area contributed by atoms with Crippen LogP contribution >= 0.6 is 15.9 Å². The first-order valence-electron chi connectivity index (χ1n) is 6.55. The van der Waals surface area contributed by atoms with Gasteiger partial charge in [-0.1, -0.05) is 6.07 Å². The van der Waals surface area contributed by atoms with Crippen LogP contribution in [0.4, 0.5) is 0 Å². The highest BCUT2D eigenvalue weighted by atomic mass is 79.9. The summed E-state index contributed by atoms with van der Waals surface area (Å²) in [5.74, 6) is 0.514. The highest BCUT2D eigenvalue weighted by Gasteiger charge is 2.21. The predicted octanol–water partition coefficient (Wildman–Crippen LogP) is 2.26. The Bertz CT molecular complexity index is 465. The molecule has 5 heteroatoms. The van der Waals surface area contributed by atoms with Gasteiger partial charge in [0.05, 0.1) is 4.47 Å². The standard InChI is InChI=1S/C14H19BrN2O2/c1-10(9-17-6-2-3-14(17)19)16-8-11-4-5-13(18)12(15)7-11/h4-5,7,10,16,18H,2-3,6,8-9H2,1H3. The number of carbonyl (C=O) groups excluding carboxylic acids is 1. The molecule has 19 heavy (non-hydrogen) atoms.